The quantitative estimate of drug-likeness (QED) is 0.406. The van der Waals surface area contributed by atoms with E-state index in [4.69, 9.17) is 10.5 Å². The maximum atomic E-state index is 10.4. The molecular formula is C8H17N3O3. The summed E-state index contributed by atoms with van der Waals surface area (Å²) in [5, 5.41) is 5.66. The predicted molar refractivity (Wildman–Crippen MR) is 51.6 cm³/mol. The number of hydrogen-bond donors (Lipinski definition) is 3. The minimum atomic E-state index is -0.469. The third-order valence-electron chi connectivity index (χ3n) is 1.34. The monoisotopic (exact) mass is 203 g/mol. The molecule has 0 spiro atoms. The number of amides is 2. The minimum Gasteiger partial charge on any atom is -0.370 e. The van der Waals surface area contributed by atoms with Crippen LogP contribution in [0, 0.1) is 0 Å². The number of hydrogen-bond acceptors (Lipinski definition) is 4. The van der Waals surface area contributed by atoms with Gasteiger partial charge in [0, 0.05) is 26.6 Å². The summed E-state index contributed by atoms with van der Waals surface area (Å²) in [6.07, 6.45) is 0. The number of nitrogens with two attached hydrogens (primary N) is 1. The average Bonchev–Trinajstić information content (AvgIpc) is 2.08. The first-order chi connectivity index (χ1) is 6.63. The van der Waals surface area contributed by atoms with Gasteiger partial charge in [0.25, 0.3) is 0 Å². The lowest BCUT2D eigenvalue weighted by atomic mass is 10.5. The Hall–Kier alpha value is -1.14. The Morgan fingerprint density at radius 2 is 2.00 bits per heavy atom. The molecule has 0 aromatic rings. The van der Waals surface area contributed by atoms with E-state index in [1.54, 1.807) is 0 Å². The van der Waals surface area contributed by atoms with Crippen molar-refractivity contribution in [3.05, 3.63) is 0 Å². The van der Waals surface area contributed by atoms with Crippen LogP contribution in [-0.4, -0.2) is 44.7 Å². The SMILES string of the molecule is CC(=O)NCCNCCOCC(N)=O. The second-order valence-electron chi connectivity index (χ2n) is 2.75. The molecule has 2 amide bonds. The molecule has 0 fully saturated rings. The molecule has 0 bridgehead atoms. The van der Waals surface area contributed by atoms with Crippen LogP contribution in [-0.2, 0) is 14.3 Å². The first kappa shape index (κ1) is 12.9. The van der Waals surface area contributed by atoms with Crippen molar-refractivity contribution < 1.29 is 14.3 Å². The van der Waals surface area contributed by atoms with E-state index in [1.165, 1.54) is 6.92 Å². The van der Waals surface area contributed by atoms with Crippen LogP contribution >= 0.6 is 0 Å². The van der Waals surface area contributed by atoms with Gasteiger partial charge in [-0.2, -0.15) is 0 Å². The molecule has 0 atom stereocenters. The molecule has 0 radical (unpaired) electrons. The van der Waals surface area contributed by atoms with Crippen LogP contribution < -0.4 is 16.4 Å². The molecule has 0 aromatic heterocycles. The van der Waals surface area contributed by atoms with Crippen LogP contribution in [0.4, 0.5) is 0 Å². The van der Waals surface area contributed by atoms with Gasteiger partial charge in [0.15, 0.2) is 0 Å². The van der Waals surface area contributed by atoms with Gasteiger partial charge in [-0.15, -0.1) is 0 Å². The highest BCUT2D eigenvalue weighted by Crippen LogP contribution is 1.71. The second-order valence-corrected chi connectivity index (χ2v) is 2.75. The van der Waals surface area contributed by atoms with Crippen molar-refractivity contribution in [2.75, 3.05) is 32.8 Å². The summed E-state index contributed by atoms with van der Waals surface area (Å²) in [6, 6.07) is 0. The third kappa shape index (κ3) is 10.9. The van der Waals surface area contributed by atoms with E-state index in [1.807, 2.05) is 0 Å². The lowest BCUT2D eigenvalue weighted by molar-refractivity contribution is -0.122. The Morgan fingerprint density at radius 1 is 1.29 bits per heavy atom. The molecular weight excluding hydrogens is 186 g/mol. The van der Waals surface area contributed by atoms with Gasteiger partial charge in [0.05, 0.1) is 6.61 Å². The molecule has 6 heteroatoms. The molecule has 82 valence electrons. The van der Waals surface area contributed by atoms with Crippen LogP contribution in [0.25, 0.3) is 0 Å². The van der Waals surface area contributed by atoms with Crippen LogP contribution in [0.1, 0.15) is 6.92 Å². The van der Waals surface area contributed by atoms with E-state index < -0.39 is 5.91 Å². The van der Waals surface area contributed by atoms with Gasteiger partial charge in [0.1, 0.15) is 6.61 Å². The summed E-state index contributed by atoms with van der Waals surface area (Å²) < 4.78 is 4.90. The van der Waals surface area contributed by atoms with Crippen molar-refractivity contribution in [1.29, 1.82) is 0 Å². The standard InChI is InChI=1S/C8H17N3O3/c1-7(12)11-3-2-10-4-5-14-6-8(9)13/h10H,2-6H2,1H3,(H2,9,13)(H,11,12). The zero-order valence-electron chi connectivity index (χ0n) is 8.34. The molecule has 14 heavy (non-hydrogen) atoms. The molecule has 0 rings (SSSR count). The van der Waals surface area contributed by atoms with E-state index in [0.717, 1.165) is 0 Å². The summed E-state index contributed by atoms with van der Waals surface area (Å²) in [6.45, 7) is 3.75. The third-order valence-corrected chi connectivity index (χ3v) is 1.34. The maximum absolute atomic E-state index is 10.4. The zero-order chi connectivity index (χ0) is 10.8. The Bertz CT molecular complexity index is 165. The summed E-state index contributed by atoms with van der Waals surface area (Å²) in [7, 11) is 0. The van der Waals surface area contributed by atoms with Crippen LogP contribution in [0.3, 0.4) is 0 Å². The van der Waals surface area contributed by atoms with E-state index in [-0.39, 0.29) is 12.5 Å². The van der Waals surface area contributed by atoms with Gasteiger partial charge in [-0.25, -0.2) is 0 Å². The fourth-order valence-corrected chi connectivity index (χ4v) is 0.769. The highest BCUT2D eigenvalue weighted by atomic mass is 16.5. The Labute approximate surface area is 83.2 Å². The van der Waals surface area contributed by atoms with Crippen molar-refractivity contribution >= 4 is 11.8 Å². The number of carbonyl (C=O) groups excluding carboxylic acids is 2. The van der Waals surface area contributed by atoms with Crippen molar-refractivity contribution in [2.24, 2.45) is 5.73 Å². The first-order valence-electron chi connectivity index (χ1n) is 4.44. The van der Waals surface area contributed by atoms with Gasteiger partial charge in [-0.3, -0.25) is 9.59 Å². The topological polar surface area (TPSA) is 93.4 Å². The second kappa shape index (κ2) is 8.46. The number of rotatable bonds is 8. The van der Waals surface area contributed by atoms with Crippen molar-refractivity contribution in [3.8, 4) is 0 Å². The normalized spacial score (nSPS) is 9.79. The lowest BCUT2D eigenvalue weighted by Gasteiger charge is -2.05. The summed E-state index contributed by atoms with van der Waals surface area (Å²) in [5.41, 5.74) is 4.86. The van der Waals surface area contributed by atoms with Crippen molar-refractivity contribution in [3.63, 3.8) is 0 Å². The summed E-state index contributed by atoms with van der Waals surface area (Å²) in [5.74, 6) is -0.514. The molecule has 4 N–H and O–H groups in total. The van der Waals surface area contributed by atoms with E-state index >= 15 is 0 Å². The molecule has 0 aromatic carbocycles. The smallest absolute Gasteiger partial charge is 0.243 e. The van der Waals surface area contributed by atoms with Gasteiger partial charge in [-0.05, 0) is 0 Å². The average molecular weight is 203 g/mol. The predicted octanol–water partition coefficient (Wildman–Crippen LogP) is -1.79. The number of carbonyl (C=O) groups is 2. The molecule has 0 unspecified atom stereocenters. The molecule has 0 saturated carbocycles. The first-order valence-corrected chi connectivity index (χ1v) is 4.44. The molecule has 0 heterocycles. The van der Waals surface area contributed by atoms with Crippen molar-refractivity contribution in [1.82, 2.24) is 10.6 Å². The molecule has 6 nitrogen and oxygen atoms in total. The Balaban J connectivity index is 2.99. The fourth-order valence-electron chi connectivity index (χ4n) is 0.769. The Morgan fingerprint density at radius 3 is 2.57 bits per heavy atom. The maximum Gasteiger partial charge on any atom is 0.243 e. The number of ether oxygens (including phenoxy) is 1. The van der Waals surface area contributed by atoms with Crippen LogP contribution in [0.2, 0.25) is 0 Å². The van der Waals surface area contributed by atoms with Crippen molar-refractivity contribution in [2.45, 2.75) is 6.92 Å². The summed E-state index contributed by atoms with van der Waals surface area (Å²) in [4.78, 5) is 20.7. The molecule has 0 aliphatic carbocycles. The summed E-state index contributed by atoms with van der Waals surface area (Å²) >= 11 is 0. The van der Waals surface area contributed by atoms with Gasteiger partial charge < -0.3 is 21.1 Å². The van der Waals surface area contributed by atoms with E-state index in [0.29, 0.717) is 26.2 Å². The highest BCUT2D eigenvalue weighted by Gasteiger charge is 1.93. The Kier molecular flexibility index (Phi) is 7.77. The van der Waals surface area contributed by atoms with Gasteiger partial charge >= 0.3 is 0 Å². The highest BCUT2D eigenvalue weighted by molar-refractivity contribution is 5.75. The zero-order valence-corrected chi connectivity index (χ0v) is 8.34. The van der Waals surface area contributed by atoms with Crippen LogP contribution in [0.5, 0.6) is 0 Å². The number of primary amides is 1. The fraction of sp³-hybridized carbons (Fsp3) is 0.750. The lowest BCUT2D eigenvalue weighted by Crippen LogP contribution is -2.32. The largest absolute Gasteiger partial charge is 0.370 e. The van der Waals surface area contributed by atoms with E-state index in [9.17, 15) is 9.59 Å². The molecule has 0 aliphatic rings. The minimum absolute atomic E-state index is 0.0446. The van der Waals surface area contributed by atoms with Gasteiger partial charge in [0.2, 0.25) is 11.8 Å². The van der Waals surface area contributed by atoms with Crippen LogP contribution in [0.15, 0.2) is 0 Å². The van der Waals surface area contributed by atoms with Gasteiger partial charge in [-0.1, -0.05) is 0 Å². The van der Waals surface area contributed by atoms with E-state index in [2.05, 4.69) is 10.6 Å². The molecule has 0 saturated heterocycles. The number of nitrogens with one attached hydrogen (secondary N) is 2. The molecule has 0 aliphatic heterocycles.